The fourth-order valence-corrected chi connectivity index (χ4v) is 4.33. The van der Waals surface area contributed by atoms with Crippen LogP contribution >= 0.6 is 0 Å². The first-order valence-electron chi connectivity index (χ1n) is 10.8. The lowest BCUT2D eigenvalue weighted by atomic mass is 10.0. The van der Waals surface area contributed by atoms with Crippen molar-refractivity contribution in [2.75, 3.05) is 9.80 Å². The third-order valence-corrected chi connectivity index (χ3v) is 5.89. The monoisotopic (exact) mass is 416 g/mol. The highest BCUT2D eigenvalue weighted by Gasteiger charge is 2.43. The Bertz CT molecular complexity index is 960. The summed E-state index contributed by atoms with van der Waals surface area (Å²) < 4.78 is 0. The summed E-state index contributed by atoms with van der Waals surface area (Å²) in [6, 6.07) is 29.1. The fourth-order valence-electron chi connectivity index (χ4n) is 4.33. The molecular weight excluding hydrogens is 384 g/mol. The van der Waals surface area contributed by atoms with Gasteiger partial charge in [-0.15, -0.1) is 0 Å². The van der Waals surface area contributed by atoms with E-state index in [4.69, 9.17) is 17.2 Å². The van der Waals surface area contributed by atoms with E-state index >= 15 is 0 Å². The van der Waals surface area contributed by atoms with Gasteiger partial charge < -0.3 is 9.80 Å². The van der Waals surface area contributed by atoms with Gasteiger partial charge in [-0.3, -0.25) is 17.2 Å². The van der Waals surface area contributed by atoms with Gasteiger partial charge in [0.2, 0.25) is 0 Å². The highest BCUT2D eigenvalue weighted by molar-refractivity contribution is 5.56. The van der Waals surface area contributed by atoms with Gasteiger partial charge in [0.15, 0.2) is 6.29 Å². The van der Waals surface area contributed by atoms with E-state index in [1.807, 2.05) is 46.2 Å². The molecular formula is C25H32N6. The predicted molar refractivity (Wildman–Crippen MR) is 128 cm³/mol. The van der Waals surface area contributed by atoms with E-state index in [1.54, 1.807) is 0 Å². The van der Waals surface area contributed by atoms with Crippen LogP contribution < -0.4 is 27.0 Å². The Balaban J connectivity index is 1.65. The Morgan fingerprint density at radius 2 is 1.06 bits per heavy atom. The maximum Gasteiger partial charge on any atom is 0.159 e. The summed E-state index contributed by atoms with van der Waals surface area (Å²) in [6.45, 7) is 4.20. The molecule has 0 aromatic heterocycles. The summed E-state index contributed by atoms with van der Waals surface area (Å²) in [5, 5.41) is 0. The molecule has 162 valence electrons. The smallest absolute Gasteiger partial charge is 0.159 e. The zero-order valence-corrected chi connectivity index (χ0v) is 18.2. The molecule has 3 aromatic carbocycles. The molecule has 6 heteroatoms. The summed E-state index contributed by atoms with van der Waals surface area (Å²) in [5.74, 6) is 0. The average Bonchev–Trinajstić information content (AvgIpc) is 2.76. The maximum atomic E-state index is 6.76. The number of nitrogens with two attached hydrogens (primary N) is 3. The molecule has 0 aliphatic carbocycles. The van der Waals surface area contributed by atoms with Crippen LogP contribution in [0.1, 0.15) is 25.0 Å². The highest BCUT2D eigenvalue weighted by atomic mass is 15.7. The molecule has 3 atom stereocenters. The maximum absolute atomic E-state index is 6.76. The third-order valence-electron chi connectivity index (χ3n) is 5.89. The van der Waals surface area contributed by atoms with Crippen LogP contribution in [0.25, 0.3) is 0 Å². The molecule has 3 aromatic rings. The molecule has 3 unspecified atom stereocenters. The Kier molecular flexibility index (Phi) is 6.25. The Morgan fingerprint density at radius 1 is 0.613 bits per heavy atom. The Hall–Kier alpha value is -2.90. The third kappa shape index (κ3) is 4.29. The van der Waals surface area contributed by atoms with Crippen molar-refractivity contribution in [3.05, 3.63) is 96.1 Å². The number of rotatable bonds is 5. The van der Waals surface area contributed by atoms with Crippen LogP contribution in [-0.4, -0.2) is 29.8 Å². The molecule has 6 N–H and O–H groups in total. The second-order valence-electron chi connectivity index (χ2n) is 8.26. The largest absolute Gasteiger partial charge is 0.310 e. The van der Waals surface area contributed by atoms with E-state index in [9.17, 15) is 0 Å². The number of anilines is 2. The fraction of sp³-hybridized carbons (Fsp3) is 0.280. The van der Waals surface area contributed by atoms with Gasteiger partial charge in [-0.25, -0.2) is 4.90 Å². The van der Waals surface area contributed by atoms with Crippen LogP contribution in [-0.2, 0) is 6.42 Å². The lowest BCUT2D eigenvalue weighted by Gasteiger charge is -2.56. The first kappa shape index (κ1) is 21.3. The van der Waals surface area contributed by atoms with Crippen molar-refractivity contribution in [3.8, 4) is 0 Å². The summed E-state index contributed by atoms with van der Waals surface area (Å²) in [5.41, 5.74) is 24.6. The van der Waals surface area contributed by atoms with Gasteiger partial charge in [0, 0.05) is 17.4 Å². The van der Waals surface area contributed by atoms with Crippen molar-refractivity contribution in [2.45, 2.75) is 45.2 Å². The molecule has 0 saturated carbocycles. The normalized spacial score (nSPS) is 22.2. The van der Waals surface area contributed by atoms with Crippen molar-refractivity contribution in [1.82, 2.24) is 4.90 Å². The minimum absolute atomic E-state index is 0.142. The Morgan fingerprint density at radius 3 is 1.58 bits per heavy atom. The van der Waals surface area contributed by atoms with Crippen LogP contribution in [0.4, 0.5) is 11.4 Å². The van der Waals surface area contributed by atoms with Gasteiger partial charge in [-0.05, 0) is 55.7 Å². The van der Waals surface area contributed by atoms with Gasteiger partial charge in [-0.1, -0.05) is 60.7 Å². The van der Waals surface area contributed by atoms with E-state index in [-0.39, 0.29) is 6.04 Å². The number of hydrogen-bond acceptors (Lipinski definition) is 6. The highest BCUT2D eigenvalue weighted by Crippen LogP contribution is 2.31. The first-order valence-corrected chi connectivity index (χ1v) is 10.8. The zero-order valence-electron chi connectivity index (χ0n) is 18.2. The molecule has 6 nitrogen and oxygen atoms in total. The standard InChI is InChI=1S/C25H32N6/c1-18(2)29-23(26)30(21-11-7-4-8-12-21)25(28)31(24(29)27)22-15-13-20(14-16-22)17-19-9-5-3-6-10-19/h3-16,18,23-25H,17,26-28H2,1-2H3. The minimum atomic E-state index is -0.498. The van der Waals surface area contributed by atoms with Crippen molar-refractivity contribution in [3.63, 3.8) is 0 Å². The second-order valence-corrected chi connectivity index (χ2v) is 8.26. The van der Waals surface area contributed by atoms with E-state index in [2.05, 4.69) is 67.3 Å². The lowest BCUT2D eigenvalue weighted by Crippen LogP contribution is -2.79. The SMILES string of the molecule is CC(C)N1C(N)N(c2ccccc2)C(N)N(c2ccc(Cc3ccccc3)cc2)C1N. The topological polar surface area (TPSA) is 87.8 Å². The number of nitrogens with zero attached hydrogens (tertiary/aromatic N) is 3. The van der Waals surface area contributed by atoms with Gasteiger partial charge >= 0.3 is 0 Å². The Labute approximate surface area is 184 Å². The van der Waals surface area contributed by atoms with Crippen LogP contribution in [0, 0.1) is 0 Å². The van der Waals surface area contributed by atoms with Gasteiger partial charge in [0.05, 0.1) is 0 Å². The van der Waals surface area contributed by atoms with Crippen LogP contribution in [0.2, 0.25) is 0 Å². The molecule has 0 bridgehead atoms. The van der Waals surface area contributed by atoms with E-state index < -0.39 is 18.9 Å². The summed E-state index contributed by atoms with van der Waals surface area (Å²) >= 11 is 0. The van der Waals surface area contributed by atoms with Crippen molar-refractivity contribution in [1.29, 1.82) is 0 Å². The van der Waals surface area contributed by atoms with Crippen LogP contribution in [0.5, 0.6) is 0 Å². The zero-order chi connectivity index (χ0) is 22.0. The molecule has 1 aliphatic heterocycles. The lowest BCUT2D eigenvalue weighted by molar-refractivity contribution is 0.0529. The van der Waals surface area contributed by atoms with Crippen molar-refractivity contribution >= 4 is 11.4 Å². The van der Waals surface area contributed by atoms with Crippen LogP contribution in [0.3, 0.4) is 0 Å². The van der Waals surface area contributed by atoms with Crippen molar-refractivity contribution < 1.29 is 0 Å². The average molecular weight is 417 g/mol. The van der Waals surface area contributed by atoms with Gasteiger partial charge in [-0.2, -0.15) is 0 Å². The number of benzene rings is 3. The summed E-state index contributed by atoms with van der Waals surface area (Å²) in [4.78, 5) is 6.12. The summed E-state index contributed by atoms with van der Waals surface area (Å²) in [7, 11) is 0. The summed E-state index contributed by atoms with van der Waals surface area (Å²) in [6.07, 6.45) is -0.480. The predicted octanol–water partition coefficient (Wildman–Crippen LogP) is 3.04. The second kappa shape index (κ2) is 9.08. The van der Waals surface area contributed by atoms with E-state index in [0.29, 0.717) is 0 Å². The molecule has 1 aliphatic rings. The van der Waals surface area contributed by atoms with E-state index in [1.165, 1.54) is 11.1 Å². The minimum Gasteiger partial charge on any atom is -0.310 e. The number of para-hydroxylation sites is 1. The number of hydrogen-bond donors (Lipinski definition) is 3. The molecule has 1 fully saturated rings. The molecule has 0 radical (unpaired) electrons. The van der Waals surface area contributed by atoms with Crippen molar-refractivity contribution in [2.24, 2.45) is 17.2 Å². The molecule has 0 amide bonds. The molecule has 0 spiro atoms. The quantitative estimate of drug-likeness (QED) is 0.593. The molecule has 1 saturated heterocycles. The van der Waals surface area contributed by atoms with Gasteiger partial charge in [0.25, 0.3) is 0 Å². The molecule has 31 heavy (non-hydrogen) atoms. The van der Waals surface area contributed by atoms with Crippen LogP contribution in [0.15, 0.2) is 84.9 Å². The molecule has 1 heterocycles. The first-order chi connectivity index (χ1) is 15.0. The van der Waals surface area contributed by atoms with Gasteiger partial charge in [0.1, 0.15) is 12.6 Å². The molecule has 4 rings (SSSR count). The van der Waals surface area contributed by atoms with E-state index in [0.717, 1.165) is 17.8 Å².